The summed E-state index contributed by atoms with van der Waals surface area (Å²) in [6.07, 6.45) is 0. The summed E-state index contributed by atoms with van der Waals surface area (Å²) in [4.78, 5) is 0. The van der Waals surface area contributed by atoms with E-state index in [2.05, 4.69) is 135 Å². The molecular weight excluding hydrogens is 424 g/mol. The first kappa shape index (κ1) is 21.2. The van der Waals surface area contributed by atoms with Gasteiger partial charge in [0.1, 0.15) is 11.5 Å². The van der Waals surface area contributed by atoms with Crippen molar-refractivity contribution < 1.29 is 4.42 Å². The van der Waals surface area contributed by atoms with Gasteiger partial charge < -0.3 is 4.42 Å². The van der Waals surface area contributed by atoms with Gasteiger partial charge in [0.05, 0.1) is 0 Å². The molecule has 5 aromatic carbocycles. The van der Waals surface area contributed by atoms with E-state index in [0.29, 0.717) is 0 Å². The minimum atomic E-state index is 0.909. The van der Waals surface area contributed by atoms with E-state index >= 15 is 0 Å². The Hall–Kier alpha value is -4.36. The van der Waals surface area contributed by atoms with E-state index in [4.69, 9.17) is 4.42 Å². The molecule has 0 aliphatic carbocycles. The monoisotopic (exact) mass is 450 g/mol. The van der Waals surface area contributed by atoms with Gasteiger partial charge in [0.2, 0.25) is 0 Å². The summed E-state index contributed by atoms with van der Waals surface area (Å²) in [5.41, 5.74) is 9.36. The van der Waals surface area contributed by atoms with Gasteiger partial charge in [-0.15, -0.1) is 0 Å². The molecule has 0 aliphatic heterocycles. The van der Waals surface area contributed by atoms with Gasteiger partial charge >= 0.3 is 0 Å². The lowest BCUT2D eigenvalue weighted by Crippen LogP contribution is -1.86. The molecule has 0 spiro atoms. The van der Waals surface area contributed by atoms with Crippen molar-refractivity contribution in [3.63, 3.8) is 0 Å². The van der Waals surface area contributed by atoms with Crippen molar-refractivity contribution >= 4 is 10.8 Å². The first-order valence-corrected chi connectivity index (χ1v) is 12.0. The van der Waals surface area contributed by atoms with Crippen molar-refractivity contribution in [1.82, 2.24) is 0 Å². The highest BCUT2D eigenvalue weighted by Gasteiger charge is 2.23. The highest BCUT2D eigenvalue weighted by Crippen LogP contribution is 2.47. The number of rotatable bonds is 4. The molecule has 0 radical (unpaired) electrons. The van der Waals surface area contributed by atoms with Crippen LogP contribution in [0, 0.1) is 13.8 Å². The fraction of sp³-hybridized carbons (Fsp3) is 0.0588. The quantitative estimate of drug-likeness (QED) is 0.260. The maximum atomic E-state index is 6.84. The first-order chi connectivity index (χ1) is 17.2. The predicted octanol–water partition coefficient (Wildman–Crippen LogP) is 9.72. The van der Waals surface area contributed by atoms with Gasteiger partial charge in [0.15, 0.2) is 0 Å². The van der Waals surface area contributed by atoms with Gasteiger partial charge in [-0.3, -0.25) is 0 Å². The maximum absolute atomic E-state index is 6.84. The van der Waals surface area contributed by atoms with Gasteiger partial charge in [-0.2, -0.15) is 0 Å². The minimum absolute atomic E-state index is 0.909. The van der Waals surface area contributed by atoms with Gasteiger partial charge in [-0.05, 0) is 36.1 Å². The molecule has 0 aliphatic rings. The van der Waals surface area contributed by atoms with E-state index in [-0.39, 0.29) is 0 Å². The zero-order chi connectivity index (χ0) is 23.8. The molecule has 0 fully saturated rings. The number of fused-ring (bicyclic) bond motifs is 1. The molecule has 0 amide bonds. The zero-order valence-corrected chi connectivity index (χ0v) is 20.0. The molecular formula is C34H26O. The third kappa shape index (κ3) is 3.86. The summed E-state index contributed by atoms with van der Waals surface area (Å²) < 4.78 is 6.84. The number of hydrogen-bond acceptors (Lipinski definition) is 1. The minimum Gasteiger partial charge on any atom is -0.455 e. The molecule has 0 saturated heterocycles. The van der Waals surface area contributed by atoms with Crippen molar-refractivity contribution in [3.8, 4) is 44.9 Å². The van der Waals surface area contributed by atoms with E-state index in [9.17, 15) is 0 Å². The number of benzene rings is 5. The zero-order valence-electron chi connectivity index (χ0n) is 20.0. The van der Waals surface area contributed by atoms with Crippen LogP contribution in [0.3, 0.4) is 0 Å². The van der Waals surface area contributed by atoms with Crippen LogP contribution in [-0.2, 0) is 0 Å². The van der Waals surface area contributed by atoms with E-state index in [1.54, 1.807) is 0 Å². The van der Waals surface area contributed by atoms with Crippen LogP contribution in [0.1, 0.15) is 11.1 Å². The smallest absolute Gasteiger partial charge is 0.143 e. The van der Waals surface area contributed by atoms with Crippen LogP contribution in [0.5, 0.6) is 0 Å². The Bertz CT molecular complexity index is 1480. The van der Waals surface area contributed by atoms with Crippen LogP contribution in [0.4, 0.5) is 0 Å². The number of furan rings is 1. The average Bonchev–Trinajstić information content (AvgIpc) is 3.31. The summed E-state index contributed by atoms with van der Waals surface area (Å²) in [7, 11) is 0. The third-order valence-corrected chi connectivity index (χ3v) is 6.66. The van der Waals surface area contributed by atoms with Crippen molar-refractivity contribution in [3.05, 3.63) is 132 Å². The Labute approximate surface area is 206 Å². The highest BCUT2D eigenvalue weighted by atomic mass is 16.3. The van der Waals surface area contributed by atoms with Gasteiger partial charge in [-0.1, -0.05) is 132 Å². The largest absolute Gasteiger partial charge is 0.455 e. The number of hydrogen-bond donors (Lipinski definition) is 0. The molecule has 6 aromatic rings. The second-order valence-corrected chi connectivity index (χ2v) is 9.14. The molecule has 0 N–H and O–H groups in total. The predicted molar refractivity (Wildman–Crippen MR) is 147 cm³/mol. The molecule has 1 aromatic heterocycles. The van der Waals surface area contributed by atoms with Crippen molar-refractivity contribution in [2.24, 2.45) is 0 Å². The van der Waals surface area contributed by atoms with Crippen molar-refractivity contribution in [2.45, 2.75) is 13.8 Å². The Morgan fingerprint density at radius 2 is 0.743 bits per heavy atom. The lowest BCUT2D eigenvalue weighted by molar-refractivity contribution is 0.602. The Morgan fingerprint density at radius 3 is 1.11 bits per heavy atom. The van der Waals surface area contributed by atoms with E-state index in [0.717, 1.165) is 33.4 Å². The van der Waals surface area contributed by atoms with E-state index in [1.807, 2.05) is 0 Å². The van der Waals surface area contributed by atoms with Gasteiger partial charge in [-0.25, -0.2) is 0 Å². The molecule has 0 saturated carbocycles. The van der Waals surface area contributed by atoms with Gasteiger partial charge in [0.25, 0.3) is 0 Å². The molecule has 0 bridgehead atoms. The SMILES string of the molecule is Cc1ccc(-c2oc(-c3ccc(C)cc3)c3c(-c4ccccc4)ccc(-c4ccccc4)c23)cc1. The highest BCUT2D eigenvalue weighted by molar-refractivity contribution is 6.16. The molecule has 168 valence electrons. The second-order valence-electron chi connectivity index (χ2n) is 9.14. The lowest BCUT2D eigenvalue weighted by atomic mass is 9.90. The molecule has 6 rings (SSSR count). The molecule has 1 heteroatoms. The Morgan fingerprint density at radius 1 is 0.371 bits per heavy atom. The Balaban J connectivity index is 1.77. The fourth-order valence-electron chi connectivity index (χ4n) is 4.81. The third-order valence-electron chi connectivity index (χ3n) is 6.66. The van der Waals surface area contributed by atoms with Crippen LogP contribution < -0.4 is 0 Å². The topological polar surface area (TPSA) is 13.1 Å². The fourth-order valence-corrected chi connectivity index (χ4v) is 4.81. The van der Waals surface area contributed by atoms with Gasteiger partial charge in [0, 0.05) is 21.9 Å². The van der Waals surface area contributed by atoms with E-state index < -0.39 is 0 Å². The van der Waals surface area contributed by atoms with Crippen LogP contribution in [0.25, 0.3) is 55.7 Å². The normalized spacial score (nSPS) is 11.1. The summed E-state index contributed by atoms with van der Waals surface area (Å²) in [6.45, 7) is 4.23. The molecule has 1 nitrogen and oxygen atoms in total. The molecule has 0 unspecified atom stereocenters. The van der Waals surface area contributed by atoms with E-state index in [1.165, 1.54) is 33.4 Å². The van der Waals surface area contributed by atoms with Crippen LogP contribution >= 0.6 is 0 Å². The summed E-state index contributed by atoms with van der Waals surface area (Å²) in [5, 5.41) is 2.30. The summed E-state index contributed by atoms with van der Waals surface area (Å²) in [6, 6.07) is 43.0. The van der Waals surface area contributed by atoms with Crippen molar-refractivity contribution in [1.29, 1.82) is 0 Å². The Kier molecular flexibility index (Phi) is 5.31. The number of aryl methyl sites for hydroxylation is 2. The molecule has 1 heterocycles. The maximum Gasteiger partial charge on any atom is 0.143 e. The average molecular weight is 451 g/mol. The van der Waals surface area contributed by atoms with Crippen LogP contribution in [0.15, 0.2) is 126 Å². The van der Waals surface area contributed by atoms with Crippen molar-refractivity contribution in [2.75, 3.05) is 0 Å². The second kappa shape index (κ2) is 8.77. The van der Waals surface area contributed by atoms with Crippen LogP contribution in [0.2, 0.25) is 0 Å². The molecule has 35 heavy (non-hydrogen) atoms. The first-order valence-electron chi connectivity index (χ1n) is 12.0. The lowest BCUT2D eigenvalue weighted by Gasteiger charge is -2.11. The standard InChI is InChI=1S/C34H26O/c1-23-13-17-27(18-14-23)33-31-29(25-9-5-3-6-10-25)21-22-30(26-11-7-4-8-12-26)32(31)34(35-33)28-19-15-24(2)16-20-28/h3-22H,1-2H3. The summed E-state index contributed by atoms with van der Waals surface area (Å²) >= 11 is 0. The summed E-state index contributed by atoms with van der Waals surface area (Å²) in [5.74, 6) is 1.82. The van der Waals surface area contributed by atoms with Crippen LogP contribution in [-0.4, -0.2) is 0 Å². The molecule has 0 atom stereocenters.